The minimum absolute atomic E-state index is 0.0640. The lowest BCUT2D eigenvalue weighted by atomic mass is 9.94. The van der Waals surface area contributed by atoms with Gasteiger partial charge in [0.15, 0.2) is 6.10 Å². The van der Waals surface area contributed by atoms with Crippen LogP contribution >= 0.6 is 0 Å². The third-order valence-electron chi connectivity index (χ3n) is 5.65. The fourth-order valence-electron chi connectivity index (χ4n) is 3.89. The van der Waals surface area contributed by atoms with Crippen molar-refractivity contribution in [3.05, 3.63) is 95.6 Å². The molecule has 7 heteroatoms. The van der Waals surface area contributed by atoms with Crippen molar-refractivity contribution in [3.63, 3.8) is 0 Å². The second kappa shape index (κ2) is 9.04. The SMILES string of the molecule is CCS(=O)(=O)N1C[C@H](C(=O)N[C@@H](c2ccccc2)c2ccccc2C)Oc2ccccc21. The van der Waals surface area contributed by atoms with Gasteiger partial charge in [-0.3, -0.25) is 9.10 Å². The summed E-state index contributed by atoms with van der Waals surface area (Å²) in [5.74, 6) is -0.0538. The van der Waals surface area contributed by atoms with E-state index in [0.29, 0.717) is 11.4 Å². The largest absolute Gasteiger partial charge is 0.476 e. The molecule has 4 rings (SSSR count). The van der Waals surface area contributed by atoms with Gasteiger partial charge in [0.2, 0.25) is 10.0 Å². The molecule has 1 aliphatic heterocycles. The number of rotatable bonds is 6. The number of para-hydroxylation sites is 2. The van der Waals surface area contributed by atoms with E-state index in [0.717, 1.165) is 16.7 Å². The number of sulfonamides is 1. The summed E-state index contributed by atoms with van der Waals surface area (Å²) < 4.78 is 32.7. The van der Waals surface area contributed by atoms with E-state index in [4.69, 9.17) is 4.74 Å². The van der Waals surface area contributed by atoms with Gasteiger partial charge in [-0.2, -0.15) is 0 Å². The normalized spacial score (nSPS) is 16.6. The predicted octanol–water partition coefficient (Wildman–Crippen LogP) is 3.82. The Balaban J connectivity index is 1.66. The molecule has 2 atom stereocenters. The summed E-state index contributed by atoms with van der Waals surface area (Å²) in [4.78, 5) is 13.4. The maximum absolute atomic E-state index is 13.4. The summed E-state index contributed by atoms with van der Waals surface area (Å²) in [6.45, 7) is 3.51. The first-order chi connectivity index (χ1) is 15.4. The molecule has 6 nitrogen and oxygen atoms in total. The predicted molar refractivity (Wildman–Crippen MR) is 125 cm³/mol. The second-order valence-electron chi connectivity index (χ2n) is 7.71. The maximum Gasteiger partial charge on any atom is 0.263 e. The highest BCUT2D eigenvalue weighted by atomic mass is 32.2. The molecule has 0 aromatic heterocycles. The molecule has 1 N–H and O–H groups in total. The maximum atomic E-state index is 13.4. The number of nitrogens with one attached hydrogen (secondary N) is 1. The topological polar surface area (TPSA) is 75.7 Å². The minimum Gasteiger partial charge on any atom is -0.476 e. The summed E-state index contributed by atoms with van der Waals surface area (Å²) in [7, 11) is -3.57. The Morgan fingerprint density at radius 2 is 1.69 bits per heavy atom. The highest BCUT2D eigenvalue weighted by Crippen LogP contribution is 2.35. The molecule has 1 aliphatic rings. The Morgan fingerprint density at radius 3 is 2.41 bits per heavy atom. The molecule has 0 unspecified atom stereocenters. The number of amides is 1. The molecule has 1 heterocycles. The van der Waals surface area contributed by atoms with Crippen molar-refractivity contribution in [1.82, 2.24) is 5.32 Å². The van der Waals surface area contributed by atoms with Crippen LogP contribution in [0, 0.1) is 6.92 Å². The fourth-order valence-corrected chi connectivity index (χ4v) is 5.01. The molecule has 3 aromatic carbocycles. The zero-order chi connectivity index (χ0) is 22.7. The van der Waals surface area contributed by atoms with Crippen LogP contribution in [-0.4, -0.2) is 32.7 Å². The lowest BCUT2D eigenvalue weighted by molar-refractivity contribution is -0.128. The molecule has 0 bridgehead atoms. The molecule has 32 heavy (non-hydrogen) atoms. The van der Waals surface area contributed by atoms with Gasteiger partial charge in [-0.05, 0) is 42.7 Å². The van der Waals surface area contributed by atoms with Crippen LogP contribution in [0.1, 0.15) is 29.7 Å². The molecular weight excluding hydrogens is 424 g/mol. The number of hydrogen-bond donors (Lipinski definition) is 1. The van der Waals surface area contributed by atoms with E-state index in [1.54, 1.807) is 31.2 Å². The zero-order valence-electron chi connectivity index (χ0n) is 18.1. The van der Waals surface area contributed by atoms with Gasteiger partial charge in [-0.25, -0.2) is 8.42 Å². The summed E-state index contributed by atoms with van der Waals surface area (Å²) in [5, 5.41) is 3.10. The standard InChI is InChI=1S/C25H26N2O4S/c1-3-32(29,30)27-17-23(31-22-16-10-9-15-21(22)27)25(28)26-24(19-12-5-4-6-13-19)20-14-8-7-11-18(20)2/h4-16,23-24H,3,17H2,1-2H3,(H,26,28)/t23-,24+/m1/s1. The Bertz CT molecular complexity index is 1210. The van der Waals surface area contributed by atoms with E-state index in [9.17, 15) is 13.2 Å². The zero-order valence-corrected chi connectivity index (χ0v) is 18.9. The number of carbonyl (C=O) groups is 1. The smallest absolute Gasteiger partial charge is 0.263 e. The number of ether oxygens (including phenoxy) is 1. The summed E-state index contributed by atoms with van der Waals surface area (Å²) in [5.41, 5.74) is 3.41. The number of aryl methyl sites for hydroxylation is 1. The van der Waals surface area contributed by atoms with Crippen LogP contribution in [0.4, 0.5) is 5.69 Å². The van der Waals surface area contributed by atoms with Crippen molar-refractivity contribution in [3.8, 4) is 5.75 Å². The van der Waals surface area contributed by atoms with Crippen LogP contribution in [0.5, 0.6) is 5.75 Å². The van der Waals surface area contributed by atoms with E-state index >= 15 is 0 Å². The molecule has 1 amide bonds. The quantitative estimate of drug-likeness (QED) is 0.620. The molecule has 0 fully saturated rings. The van der Waals surface area contributed by atoms with Crippen LogP contribution in [0.15, 0.2) is 78.9 Å². The number of nitrogens with zero attached hydrogens (tertiary/aromatic N) is 1. The van der Waals surface area contributed by atoms with Crippen LogP contribution in [-0.2, 0) is 14.8 Å². The molecule has 0 saturated heterocycles. The third kappa shape index (κ3) is 4.34. The number of anilines is 1. The average Bonchev–Trinajstić information content (AvgIpc) is 2.82. The molecule has 166 valence electrons. The van der Waals surface area contributed by atoms with Crippen LogP contribution in [0.2, 0.25) is 0 Å². The van der Waals surface area contributed by atoms with Crippen LogP contribution in [0.3, 0.4) is 0 Å². The van der Waals surface area contributed by atoms with Gasteiger partial charge in [-0.1, -0.05) is 66.7 Å². The minimum atomic E-state index is -3.57. The van der Waals surface area contributed by atoms with Crippen molar-refractivity contribution in [2.45, 2.75) is 26.0 Å². The molecular formula is C25H26N2O4S. The summed E-state index contributed by atoms with van der Waals surface area (Å²) >= 11 is 0. The molecule has 0 saturated carbocycles. The monoisotopic (exact) mass is 450 g/mol. The van der Waals surface area contributed by atoms with Crippen molar-refractivity contribution >= 4 is 21.6 Å². The lowest BCUT2D eigenvalue weighted by Gasteiger charge is -2.35. The Kier molecular flexibility index (Phi) is 6.19. The number of fused-ring (bicyclic) bond motifs is 1. The van der Waals surface area contributed by atoms with Crippen LogP contribution < -0.4 is 14.4 Å². The first kappa shape index (κ1) is 21.9. The van der Waals surface area contributed by atoms with E-state index in [-0.39, 0.29) is 24.2 Å². The van der Waals surface area contributed by atoms with Crippen molar-refractivity contribution in [2.24, 2.45) is 0 Å². The molecule has 0 radical (unpaired) electrons. The molecule has 0 spiro atoms. The number of hydrogen-bond acceptors (Lipinski definition) is 4. The Labute approximate surface area is 188 Å². The first-order valence-corrected chi connectivity index (χ1v) is 12.2. The molecule has 0 aliphatic carbocycles. The fraction of sp³-hybridized carbons (Fsp3) is 0.240. The summed E-state index contributed by atoms with van der Waals surface area (Å²) in [6.07, 6.45) is -0.971. The van der Waals surface area contributed by atoms with E-state index in [1.165, 1.54) is 4.31 Å². The van der Waals surface area contributed by atoms with Gasteiger partial charge < -0.3 is 10.1 Å². The highest BCUT2D eigenvalue weighted by molar-refractivity contribution is 7.92. The molecule has 3 aromatic rings. The second-order valence-corrected chi connectivity index (χ2v) is 9.90. The van der Waals surface area contributed by atoms with Crippen molar-refractivity contribution in [1.29, 1.82) is 0 Å². The van der Waals surface area contributed by atoms with Crippen molar-refractivity contribution in [2.75, 3.05) is 16.6 Å². The first-order valence-electron chi connectivity index (χ1n) is 10.6. The number of carbonyl (C=O) groups excluding carboxylic acids is 1. The van der Waals surface area contributed by atoms with Gasteiger partial charge in [0.05, 0.1) is 24.0 Å². The van der Waals surface area contributed by atoms with Gasteiger partial charge >= 0.3 is 0 Å². The van der Waals surface area contributed by atoms with Crippen LogP contribution in [0.25, 0.3) is 0 Å². The van der Waals surface area contributed by atoms with Gasteiger partial charge in [0, 0.05) is 0 Å². The summed E-state index contributed by atoms with van der Waals surface area (Å²) in [6, 6.07) is 24.1. The highest BCUT2D eigenvalue weighted by Gasteiger charge is 2.36. The van der Waals surface area contributed by atoms with Gasteiger partial charge in [0.1, 0.15) is 5.75 Å². The number of benzene rings is 3. The lowest BCUT2D eigenvalue weighted by Crippen LogP contribution is -2.51. The van der Waals surface area contributed by atoms with Gasteiger partial charge in [0.25, 0.3) is 5.91 Å². The average molecular weight is 451 g/mol. The third-order valence-corrected chi connectivity index (χ3v) is 7.39. The van der Waals surface area contributed by atoms with Gasteiger partial charge in [-0.15, -0.1) is 0 Å². The Hall–Kier alpha value is -3.32. The van der Waals surface area contributed by atoms with E-state index in [1.807, 2.05) is 61.5 Å². The van der Waals surface area contributed by atoms with Crippen molar-refractivity contribution < 1.29 is 17.9 Å². The van der Waals surface area contributed by atoms with E-state index in [2.05, 4.69) is 5.32 Å². The van der Waals surface area contributed by atoms with E-state index < -0.39 is 16.1 Å². The Morgan fingerprint density at radius 1 is 1.03 bits per heavy atom.